The number of fused-ring (bicyclic) bond motifs is 1. The molecule has 0 aliphatic carbocycles. The van der Waals surface area contributed by atoms with E-state index < -0.39 is 0 Å². The van der Waals surface area contributed by atoms with Crippen LogP contribution in [0.2, 0.25) is 0 Å². The maximum Gasteiger partial charge on any atom is 0.225 e. The third-order valence-electron chi connectivity index (χ3n) is 4.39. The lowest BCUT2D eigenvalue weighted by atomic mass is 10.1. The summed E-state index contributed by atoms with van der Waals surface area (Å²) in [5.74, 6) is -0.545. The number of rotatable bonds is 5. The summed E-state index contributed by atoms with van der Waals surface area (Å²) in [5.41, 5.74) is 1.80. The summed E-state index contributed by atoms with van der Waals surface area (Å²) in [7, 11) is 0. The van der Waals surface area contributed by atoms with Crippen molar-refractivity contribution < 1.29 is 14.0 Å². The van der Waals surface area contributed by atoms with Crippen molar-refractivity contribution in [1.29, 1.82) is 0 Å². The van der Waals surface area contributed by atoms with Crippen molar-refractivity contribution in [3.63, 3.8) is 0 Å². The summed E-state index contributed by atoms with van der Waals surface area (Å²) in [6.07, 6.45) is 2.80. The van der Waals surface area contributed by atoms with Gasteiger partial charge in [-0.25, -0.2) is 4.39 Å². The van der Waals surface area contributed by atoms with Crippen LogP contribution in [-0.4, -0.2) is 41.3 Å². The zero-order valence-corrected chi connectivity index (χ0v) is 13.1. The Labute approximate surface area is 133 Å². The van der Waals surface area contributed by atoms with Crippen molar-refractivity contribution >= 4 is 22.7 Å². The number of nitrogens with one attached hydrogen (secondary N) is 2. The van der Waals surface area contributed by atoms with Gasteiger partial charge in [0.25, 0.3) is 0 Å². The molecule has 2 heterocycles. The molecule has 0 saturated carbocycles. The van der Waals surface area contributed by atoms with Crippen LogP contribution in [0, 0.1) is 11.7 Å². The average molecular weight is 317 g/mol. The second kappa shape index (κ2) is 6.40. The monoisotopic (exact) mass is 317 g/mol. The van der Waals surface area contributed by atoms with Crippen LogP contribution in [0.25, 0.3) is 10.9 Å². The van der Waals surface area contributed by atoms with Gasteiger partial charge in [0.1, 0.15) is 5.82 Å². The Morgan fingerprint density at radius 1 is 1.48 bits per heavy atom. The maximum absolute atomic E-state index is 13.2. The first-order valence-corrected chi connectivity index (χ1v) is 7.89. The summed E-state index contributed by atoms with van der Waals surface area (Å²) in [6, 6.07) is 4.63. The van der Waals surface area contributed by atoms with Crippen molar-refractivity contribution in [3.8, 4) is 0 Å². The third kappa shape index (κ3) is 3.21. The Balaban J connectivity index is 1.55. The first-order chi connectivity index (χ1) is 11.1. The minimum absolute atomic E-state index is 0.0475. The second-order valence-electron chi connectivity index (χ2n) is 5.88. The Kier molecular flexibility index (Phi) is 4.32. The third-order valence-corrected chi connectivity index (χ3v) is 4.39. The number of aromatic nitrogens is 1. The number of nitrogens with zero attached hydrogens (tertiary/aromatic N) is 1. The molecule has 23 heavy (non-hydrogen) atoms. The predicted molar refractivity (Wildman–Crippen MR) is 85.3 cm³/mol. The first kappa shape index (κ1) is 15.5. The van der Waals surface area contributed by atoms with E-state index in [4.69, 9.17) is 0 Å². The highest BCUT2D eigenvalue weighted by atomic mass is 19.1. The van der Waals surface area contributed by atoms with E-state index in [0.29, 0.717) is 32.5 Å². The number of hydrogen-bond acceptors (Lipinski definition) is 2. The fourth-order valence-corrected chi connectivity index (χ4v) is 3.08. The molecule has 6 heteroatoms. The molecule has 3 rings (SSSR count). The molecule has 1 aromatic carbocycles. The number of likely N-dealkylation sites (tertiary alicyclic amines) is 1. The van der Waals surface area contributed by atoms with Crippen molar-refractivity contribution in [2.45, 2.75) is 19.8 Å². The van der Waals surface area contributed by atoms with Crippen molar-refractivity contribution in [3.05, 3.63) is 35.8 Å². The fraction of sp³-hybridized carbons (Fsp3) is 0.412. The number of benzene rings is 1. The van der Waals surface area contributed by atoms with Gasteiger partial charge in [-0.1, -0.05) is 0 Å². The first-order valence-electron chi connectivity index (χ1n) is 7.89. The number of aromatic amines is 1. The van der Waals surface area contributed by atoms with Crippen molar-refractivity contribution in [2.24, 2.45) is 5.92 Å². The normalized spacial score (nSPS) is 17.9. The van der Waals surface area contributed by atoms with Crippen LogP contribution >= 0.6 is 0 Å². The number of carbonyl (C=O) groups is 2. The van der Waals surface area contributed by atoms with E-state index in [9.17, 15) is 14.0 Å². The van der Waals surface area contributed by atoms with E-state index in [2.05, 4.69) is 10.3 Å². The molecule has 0 radical (unpaired) electrons. The van der Waals surface area contributed by atoms with Gasteiger partial charge in [0.2, 0.25) is 11.8 Å². The highest BCUT2D eigenvalue weighted by Crippen LogP contribution is 2.20. The molecule has 2 N–H and O–H groups in total. The Bertz CT molecular complexity index is 741. The largest absolute Gasteiger partial charge is 0.361 e. The topological polar surface area (TPSA) is 65.2 Å². The van der Waals surface area contributed by atoms with Gasteiger partial charge < -0.3 is 15.2 Å². The van der Waals surface area contributed by atoms with E-state index in [1.54, 1.807) is 11.0 Å². The van der Waals surface area contributed by atoms with Crippen molar-refractivity contribution in [1.82, 2.24) is 15.2 Å². The van der Waals surface area contributed by atoms with Crippen LogP contribution < -0.4 is 5.32 Å². The van der Waals surface area contributed by atoms with Gasteiger partial charge in [0.15, 0.2) is 0 Å². The minimum Gasteiger partial charge on any atom is -0.361 e. The molecule has 122 valence electrons. The molecule has 1 aliphatic rings. The number of amides is 2. The zero-order valence-electron chi connectivity index (χ0n) is 13.1. The summed E-state index contributed by atoms with van der Waals surface area (Å²) >= 11 is 0. The Morgan fingerprint density at radius 2 is 2.30 bits per heavy atom. The van der Waals surface area contributed by atoms with Gasteiger partial charge in [-0.2, -0.15) is 0 Å². The number of H-pyrrole nitrogens is 1. The molecule has 0 spiro atoms. The van der Waals surface area contributed by atoms with Gasteiger partial charge in [0.05, 0.1) is 5.92 Å². The molecule has 2 aromatic rings. The van der Waals surface area contributed by atoms with Crippen LogP contribution in [0.4, 0.5) is 4.39 Å². The van der Waals surface area contributed by atoms with Crippen molar-refractivity contribution in [2.75, 3.05) is 19.6 Å². The predicted octanol–water partition coefficient (Wildman–Crippen LogP) is 1.83. The summed E-state index contributed by atoms with van der Waals surface area (Å²) in [4.78, 5) is 28.6. The second-order valence-corrected chi connectivity index (χ2v) is 5.88. The summed E-state index contributed by atoms with van der Waals surface area (Å²) < 4.78 is 13.2. The van der Waals surface area contributed by atoms with E-state index in [0.717, 1.165) is 16.5 Å². The smallest absolute Gasteiger partial charge is 0.225 e. The highest BCUT2D eigenvalue weighted by Gasteiger charge is 2.33. The molecular formula is C17H20FN3O2. The molecule has 0 bridgehead atoms. The molecule has 2 amide bonds. The Morgan fingerprint density at radius 3 is 3.04 bits per heavy atom. The molecule has 1 atom stereocenters. The molecule has 0 unspecified atom stereocenters. The van der Waals surface area contributed by atoms with Crippen LogP contribution in [0.15, 0.2) is 24.4 Å². The standard InChI is InChI=1S/C17H20FN3O2/c1-2-21-10-12(7-16(21)22)17(23)19-6-5-11-9-20-15-8-13(18)3-4-14(11)15/h3-4,8-9,12,20H,2,5-7,10H2,1H3,(H,19,23)/t12-/m1/s1. The van der Waals surface area contributed by atoms with Crippen LogP contribution in [0.5, 0.6) is 0 Å². The van der Waals surface area contributed by atoms with Crippen LogP contribution in [0.1, 0.15) is 18.9 Å². The summed E-state index contributed by atoms with van der Waals surface area (Å²) in [5, 5.41) is 3.86. The Hall–Kier alpha value is -2.37. The van der Waals surface area contributed by atoms with E-state index in [1.165, 1.54) is 12.1 Å². The molecule has 1 aliphatic heterocycles. The summed E-state index contributed by atoms with van der Waals surface area (Å²) in [6.45, 7) is 3.57. The van der Waals surface area contributed by atoms with Gasteiger partial charge in [-0.3, -0.25) is 9.59 Å². The molecular weight excluding hydrogens is 297 g/mol. The van der Waals surface area contributed by atoms with E-state index >= 15 is 0 Å². The molecule has 1 saturated heterocycles. The number of hydrogen-bond donors (Lipinski definition) is 2. The van der Waals surface area contributed by atoms with Gasteiger partial charge in [-0.05, 0) is 37.1 Å². The molecule has 5 nitrogen and oxygen atoms in total. The van der Waals surface area contributed by atoms with Gasteiger partial charge in [0, 0.05) is 43.2 Å². The minimum atomic E-state index is -0.273. The van der Waals surface area contributed by atoms with Crippen LogP contribution in [0.3, 0.4) is 0 Å². The number of halogens is 1. The fourth-order valence-electron chi connectivity index (χ4n) is 3.08. The zero-order chi connectivity index (χ0) is 16.4. The highest BCUT2D eigenvalue weighted by molar-refractivity contribution is 5.89. The maximum atomic E-state index is 13.2. The molecule has 1 fully saturated rings. The lowest BCUT2D eigenvalue weighted by molar-refractivity contribution is -0.128. The van der Waals surface area contributed by atoms with Gasteiger partial charge in [-0.15, -0.1) is 0 Å². The van der Waals surface area contributed by atoms with E-state index in [-0.39, 0.29) is 23.5 Å². The lowest BCUT2D eigenvalue weighted by Crippen LogP contribution is -2.34. The number of carbonyl (C=O) groups excluding carboxylic acids is 2. The molecule has 1 aromatic heterocycles. The van der Waals surface area contributed by atoms with Gasteiger partial charge >= 0.3 is 0 Å². The lowest BCUT2D eigenvalue weighted by Gasteiger charge is -2.13. The van der Waals surface area contributed by atoms with Crippen LogP contribution in [-0.2, 0) is 16.0 Å². The SMILES string of the molecule is CCN1C[C@H](C(=O)NCCc2c[nH]c3cc(F)ccc23)CC1=O. The van der Waals surface area contributed by atoms with E-state index in [1.807, 2.05) is 13.1 Å². The quantitative estimate of drug-likeness (QED) is 0.884. The average Bonchev–Trinajstić information content (AvgIpc) is 3.10.